The summed E-state index contributed by atoms with van der Waals surface area (Å²) in [7, 11) is 1.84. The molecule has 0 unspecified atom stereocenters. The molecule has 1 atom stereocenters. The number of aromatic nitrogens is 2. The number of carbonyl (C=O) groups excluding carboxylic acids is 1. The minimum Gasteiger partial charge on any atom is -0.313 e. The van der Waals surface area contributed by atoms with Gasteiger partial charge in [0.15, 0.2) is 0 Å². The second-order valence-electron chi connectivity index (χ2n) is 6.28. The molecular formula is C19H20N4OS. The van der Waals surface area contributed by atoms with Gasteiger partial charge in [-0.1, -0.05) is 30.3 Å². The largest absolute Gasteiger partial charge is 0.323 e. The summed E-state index contributed by atoms with van der Waals surface area (Å²) >= 11 is 1.77. The zero-order valence-corrected chi connectivity index (χ0v) is 15.1. The van der Waals surface area contributed by atoms with Crippen LogP contribution >= 0.6 is 11.3 Å². The molecule has 6 heteroatoms. The number of anilines is 1. The molecule has 0 saturated carbocycles. The highest BCUT2D eigenvalue weighted by molar-refractivity contribution is 7.10. The van der Waals surface area contributed by atoms with Crippen LogP contribution in [0, 0.1) is 6.92 Å². The van der Waals surface area contributed by atoms with E-state index in [1.807, 2.05) is 43.1 Å². The number of fused-ring (bicyclic) bond motifs is 1. The van der Waals surface area contributed by atoms with E-state index in [1.54, 1.807) is 16.0 Å². The van der Waals surface area contributed by atoms with Gasteiger partial charge in [-0.25, -0.2) is 4.79 Å². The predicted molar refractivity (Wildman–Crippen MR) is 100.0 cm³/mol. The number of hydrogen-bond donors (Lipinski definition) is 1. The summed E-state index contributed by atoms with van der Waals surface area (Å²) in [6, 6.07) is 14.1. The molecule has 0 spiro atoms. The summed E-state index contributed by atoms with van der Waals surface area (Å²) in [6.07, 6.45) is 0.897. The van der Waals surface area contributed by atoms with Gasteiger partial charge in [0.25, 0.3) is 0 Å². The van der Waals surface area contributed by atoms with Crippen molar-refractivity contribution in [3.63, 3.8) is 0 Å². The van der Waals surface area contributed by atoms with Crippen LogP contribution in [0.4, 0.5) is 10.6 Å². The van der Waals surface area contributed by atoms with Crippen molar-refractivity contribution in [1.29, 1.82) is 0 Å². The maximum Gasteiger partial charge on any atom is 0.323 e. The Kier molecular flexibility index (Phi) is 4.05. The molecule has 0 radical (unpaired) electrons. The van der Waals surface area contributed by atoms with Crippen molar-refractivity contribution in [3.05, 3.63) is 69.5 Å². The Labute approximate surface area is 150 Å². The fourth-order valence-electron chi connectivity index (χ4n) is 3.44. The molecule has 0 fully saturated rings. The van der Waals surface area contributed by atoms with Gasteiger partial charge in [0.1, 0.15) is 5.82 Å². The maximum absolute atomic E-state index is 13.0. The number of thiophene rings is 1. The number of urea groups is 1. The number of aryl methyl sites for hydroxylation is 2. The van der Waals surface area contributed by atoms with Crippen molar-refractivity contribution in [3.8, 4) is 0 Å². The van der Waals surface area contributed by atoms with E-state index in [0.717, 1.165) is 17.7 Å². The van der Waals surface area contributed by atoms with Crippen molar-refractivity contribution in [1.82, 2.24) is 14.7 Å². The highest BCUT2D eigenvalue weighted by Gasteiger charge is 2.33. The molecule has 3 aromatic rings. The number of rotatable bonds is 2. The highest BCUT2D eigenvalue weighted by Crippen LogP contribution is 2.37. The van der Waals surface area contributed by atoms with Crippen molar-refractivity contribution in [2.75, 3.05) is 11.9 Å². The fourth-order valence-corrected chi connectivity index (χ4v) is 4.34. The molecular weight excluding hydrogens is 332 g/mol. The molecule has 5 nitrogen and oxygen atoms in total. The van der Waals surface area contributed by atoms with Gasteiger partial charge in [-0.2, -0.15) is 5.10 Å². The Bertz CT molecular complexity index is 899. The van der Waals surface area contributed by atoms with Crippen LogP contribution in [0.25, 0.3) is 0 Å². The number of amides is 2. The quantitative estimate of drug-likeness (QED) is 0.759. The van der Waals surface area contributed by atoms with E-state index in [9.17, 15) is 4.79 Å². The smallest absolute Gasteiger partial charge is 0.313 e. The van der Waals surface area contributed by atoms with Crippen LogP contribution in [0.1, 0.15) is 27.7 Å². The Morgan fingerprint density at radius 1 is 1.28 bits per heavy atom. The molecule has 1 aliphatic heterocycles. The zero-order valence-electron chi connectivity index (χ0n) is 14.3. The average Bonchev–Trinajstić information content (AvgIpc) is 3.20. The van der Waals surface area contributed by atoms with E-state index in [2.05, 4.69) is 34.0 Å². The Morgan fingerprint density at radius 2 is 2.08 bits per heavy atom. The fraction of sp³-hybridized carbons (Fsp3) is 0.263. The summed E-state index contributed by atoms with van der Waals surface area (Å²) < 4.78 is 1.70. The lowest BCUT2D eigenvalue weighted by atomic mass is 9.93. The molecule has 1 aliphatic rings. The average molecular weight is 352 g/mol. The molecule has 4 rings (SSSR count). The number of nitrogens with zero attached hydrogens (tertiary/aromatic N) is 3. The van der Waals surface area contributed by atoms with Gasteiger partial charge in [0.05, 0.1) is 11.7 Å². The minimum absolute atomic E-state index is 0.0504. The molecule has 0 aliphatic carbocycles. The molecule has 3 heterocycles. The zero-order chi connectivity index (χ0) is 17.4. The third-order valence-corrected chi connectivity index (χ3v) is 5.58. The van der Waals surface area contributed by atoms with E-state index in [0.29, 0.717) is 12.4 Å². The first kappa shape index (κ1) is 15.9. The van der Waals surface area contributed by atoms with E-state index < -0.39 is 0 Å². The van der Waals surface area contributed by atoms with Crippen LogP contribution in [0.5, 0.6) is 0 Å². The molecule has 2 amide bonds. The van der Waals surface area contributed by atoms with Crippen LogP contribution < -0.4 is 5.32 Å². The number of hydrogen-bond acceptors (Lipinski definition) is 3. The van der Waals surface area contributed by atoms with Crippen LogP contribution in [0.3, 0.4) is 0 Å². The van der Waals surface area contributed by atoms with Crippen molar-refractivity contribution < 1.29 is 4.79 Å². The van der Waals surface area contributed by atoms with E-state index in [1.165, 1.54) is 10.4 Å². The first-order valence-corrected chi connectivity index (χ1v) is 9.21. The monoisotopic (exact) mass is 352 g/mol. The molecule has 1 N–H and O–H groups in total. The molecule has 1 aromatic carbocycles. The second-order valence-corrected chi connectivity index (χ2v) is 7.28. The highest BCUT2D eigenvalue weighted by atomic mass is 32.1. The first-order chi connectivity index (χ1) is 12.1. The Balaban J connectivity index is 1.68. The standard InChI is InChI=1S/C19H20N4OS/c1-13-12-17(22(2)21-13)20-19(24)23-10-8-16-15(9-11-25-16)18(23)14-6-4-3-5-7-14/h3-7,9,11-12,18H,8,10H2,1-2H3,(H,20,24)/t18-/m0/s1. The third kappa shape index (κ3) is 2.93. The van der Waals surface area contributed by atoms with Crippen LogP contribution in [0.15, 0.2) is 47.8 Å². The maximum atomic E-state index is 13.0. The third-order valence-electron chi connectivity index (χ3n) is 4.58. The summed E-state index contributed by atoms with van der Waals surface area (Å²) in [5.41, 5.74) is 3.26. The molecule has 128 valence electrons. The van der Waals surface area contributed by atoms with Gasteiger partial charge in [-0.3, -0.25) is 10.00 Å². The normalized spacial score (nSPS) is 16.6. The SMILES string of the molecule is Cc1cc(NC(=O)N2CCc3sccc3[C@@H]2c2ccccc2)n(C)n1. The Hall–Kier alpha value is -2.60. The lowest BCUT2D eigenvalue weighted by Crippen LogP contribution is -2.42. The van der Waals surface area contributed by atoms with E-state index in [4.69, 9.17) is 0 Å². The predicted octanol–water partition coefficient (Wildman–Crippen LogP) is 3.97. The lowest BCUT2D eigenvalue weighted by Gasteiger charge is -2.36. The molecule has 25 heavy (non-hydrogen) atoms. The minimum atomic E-state index is -0.0892. The second kappa shape index (κ2) is 6.37. The summed E-state index contributed by atoms with van der Waals surface area (Å²) in [6.45, 7) is 2.62. The lowest BCUT2D eigenvalue weighted by molar-refractivity contribution is 0.194. The van der Waals surface area contributed by atoms with Crippen molar-refractivity contribution >= 4 is 23.2 Å². The Morgan fingerprint density at radius 3 is 2.80 bits per heavy atom. The van der Waals surface area contributed by atoms with E-state index in [-0.39, 0.29) is 12.1 Å². The van der Waals surface area contributed by atoms with Crippen LogP contribution in [0.2, 0.25) is 0 Å². The van der Waals surface area contributed by atoms with Crippen molar-refractivity contribution in [2.45, 2.75) is 19.4 Å². The topological polar surface area (TPSA) is 50.2 Å². The van der Waals surface area contributed by atoms with Gasteiger partial charge in [-0.15, -0.1) is 11.3 Å². The number of nitrogens with one attached hydrogen (secondary N) is 1. The van der Waals surface area contributed by atoms with E-state index >= 15 is 0 Å². The van der Waals surface area contributed by atoms with Gasteiger partial charge in [-0.05, 0) is 35.9 Å². The molecule has 0 bridgehead atoms. The van der Waals surface area contributed by atoms with Crippen LogP contribution in [-0.2, 0) is 13.5 Å². The number of benzene rings is 1. The van der Waals surface area contributed by atoms with Gasteiger partial charge in [0, 0.05) is 24.5 Å². The molecule has 2 aromatic heterocycles. The summed E-state index contributed by atoms with van der Waals surface area (Å²) in [5, 5.41) is 9.43. The van der Waals surface area contributed by atoms with Crippen LogP contribution in [-0.4, -0.2) is 27.3 Å². The van der Waals surface area contributed by atoms with Gasteiger partial charge >= 0.3 is 6.03 Å². The summed E-state index contributed by atoms with van der Waals surface area (Å²) in [4.78, 5) is 16.3. The van der Waals surface area contributed by atoms with Gasteiger partial charge in [0.2, 0.25) is 0 Å². The number of carbonyl (C=O) groups is 1. The first-order valence-electron chi connectivity index (χ1n) is 8.33. The summed E-state index contributed by atoms with van der Waals surface area (Å²) in [5.74, 6) is 0.713. The molecule has 0 saturated heterocycles. The van der Waals surface area contributed by atoms with Crippen molar-refractivity contribution in [2.24, 2.45) is 7.05 Å². The van der Waals surface area contributed by atoms with Gasteiger partial charge < -0.3 is 4.90 Å².